The van der Waals surface area contributed by atoms with Gasteiger partial charge in [0.1, 0.15) is 5.04 Å². The molecule has 0 fully saturated rings. The van der Waals surface area contributed by atoms with Gasteiger partial charge in [-0.15, -0.1) is 11.8 Å². The first-order valence-electron chi connectivity index (χ1n) is 4.22. The highest BCUT2D eigenvalue weighted by molar-refractivity contribution is 8.14. The summed E-state index contributed by atoms with van der Waals surface area (Å²) in [6.45, 7) is 6.10. The fraction of sp³-hybridized carbons (Fsp3) is 0.750. The zero-order valence-electron chi connectivity index (χ0n) is 8.46. The quantitative estimate of drug-likeness (QED) is 0.332. The summed E-state index contributed by atoms with van der Waals surface area (Å²) >= 11 is 1.60. The number of carbonyl (C=O) groups excluding carboxylic acids is 1. The highest BCUT2D eigenvalue weighted by atomic mass is 32.2. The third kappa shape index (κ3) is 6.45. The summed E-state index contributed by atoms with van der Waals surface area (Å²) in [6, 6.07) is 0. The molecule has 0 saturated heterocycles. The Morgan fingerprint density at radius 3 is 2.62 bits per heavy atom. The van der Waals surface area contributed by atoms with Crippen molar-refractivity contribution in [3.8, 4) is 0 Å². The predicted octanol–water partition coefficient (Wildman–Crippen LogP) is 2.21. The lowest BCUT2D eigenvalue weighted by atomic mass is 10.5. The first-order valence-corrected chi connectivity index (χ1v) is 5.10. The van der Waals surface area contributed by atoms with Gasteiger partial charge in [-0.2, -0.15) is 0 Å². The minimum atomic E-state index is -0.532. The number of nitrogens with one attached hydrogen (secondary N) is 1. The SMILES string of the molecule is CCC(=NOC(=O)NC)SC(C)C. The van der Waals surface area contributed by atoms with Crippen LogP contribution >= 0.6 is 11.8 Å². The molecular weight excluding hydrogens is 188 g/mol. The summed E-state index contributed by atoms with van der Waals surface area (Å²) in [5.74, 6) is 0. The molecule has 5 heteroatoms. The highest BCUT2D eigenvalue weighted by Crippen LogP contribution is 2.14. The summed E-state index contributed by atoms with van der Waals surface area (Å²) < 4.78 is 0. The molecule has 0 radical (unpaired) electrons. The summed E-state index contributed by atoms with van der Waals surface area (Å²) in [6.07, 6.45) is 0.245. The third-order valence-corrected chi connectivity index (χ3v) is 2.22. The standard InChI is InChI=1S/C8H16N2O2S/c1-5-7(13-6(2)3)10-12-8(11)9-4/h6H,5H2,1-4H3,(H,9,11). The van der Waals surface area contributed by atoms with Crippen LogP contribution in [0.5, 0.6) is 0 Å². The van der Waals surface area contributed by atoms with Gasteiger partial charge < -0.3 is 5.32 Å². The monoisotopic (exact) mass is 204 g/mol. The minimum Gasteiger partial charge on any atom is -0.323 e. The molecule has 0 aliphatic carbocycles. The molecule has 0 bridgehead atoms. The van der Waals surface area contributed by atoms with Crippen molar-refractivity contribution >= 4 is 22.9 Å². The second-order valence-corrected chi connectivity index (χ2v) is 4.28. The molecule has 1 amide bonds. The molecule has 0 aromatic rings. The predicted molar refractivity (Wildman–Crippen MR) is 56.0 cm³/mol. The smallest absolute Gasteiger partial charge is 0.323 e. The molecule has 0 aliphatic heterocycles. The molecule has 0 rings (SSSR count). The Morgan fingerprint density at radius 1 is 1.62 bits per heavy atom. The number of hydrogen-bond donors (Lipinski definition) is 1. The Kier molecular flexibility index (Phi) is 6.40. The van der Waals surface area contributed by atoms with Gasteiger partial charge in [-0.05, 0) is 6.42 Å². The molecule has 0 atom stereocenters. The van der Waals surface area contributed by atoms with E-state index < -0.39 is 6.09 Å². The average molecular weight is 204 g/mol. The van der Waals surface area contributed by atoms with Crippen LogP contribution in [-0.4, -0.2) is 23.4 Å². The first-order chi connectivity index (χ1) is 6.10. The molecule has 0 saturated carbocycles. The zero-order valence-corrected chi connectivity index (χ0v) is 9.27. The molecule has 0 unspecified atom stereocenters. The lowest BCUT2D eigenvalue weighted by molar-refractivity contribution is 0.153. The number of thioether (sulfide) groups is 1. The second-order valence-electron chi connectivity index (χ2n) is 2.63. The summed E-state index contributed by atoms with van der Waals surface area (Å²) in [4.78, 5) is 15.2. The zero-order chi connectivity index (χ0) is 10.3. The maximum Gasteiger partial charge on any atom is 0.433 e. The molecule has 0 heterocycles. The number of nitrogens with zero attached hydrogens (tertiary/aromatic N) is 1. The van der Waals surface area contributed by atoms with Crippen LogP contribution in [0, 0.1) is 0 Å². The number of rotatable bonds is 3. The second kappa shape index (κ2) is 6.77. The number of carbonyl (C=O) groups is 1. The van der Waals surface area contributed by atoms with Crippen LogP contribution < -0.4 is 5.32 Å². The van der Waals surface area contributed by atoms with Crippen LogP contribution in [0.2, 0.25) is 0 Å². The fourth-order valence-electron chi connectivity index (χ4n) is 0.579. The van der Waals surface area contributed by atoms with Crippen molar-refractivity contribution in [2.75, 3.05) is 7.05 Å². The van der Waals surface area contributed by atoms with Gasteiger partial charge in [-0.1, -0.05) is 25.9 Å². The van der Waals surface area contributed by atoms with Gasteiger partial charge in [0, 0.05) is 12.3 Å². The molecule has 0 aromatic heterocycles. The Bertz CT molecular complexity index is 193. The van der Waals surface area contributed by atoms with E-state index in [9.17, 15) is 4.79 Å². The van der Waals surface area contributed by atoms with Crippen LogP contribution in [0.4, 0.5) is 4.79 Å². The number of hydrogen-bond acceptors (Lipinski definition) is 4. The van der Waals surface area contributed by atoms with E-state index >= 15 is 0 Å². The average Bonchev–Trinajstić information content (AvgIpc) is 2.10. The maximum atomic E-state index is 10.7. The lowest BCUT2D eigenvalue weighted by Gasteiger charge is -2.05. The van der Waals surface area contributed by atoms with Crippen molar-refractivity contribution in [1.29, 1.82) is 0 Å². The van der Waals surface area contributed by atoms with Gasteiger partial charge in [0.15, 0.2) is 0 Å². The molecule has 13 heavy (non-hydrogen) atoms. The van der Waals surface area contributed by atoms with Crippen molar-refractivity contribution in [2.45, 2.75) is 32.4 Å². The first kappa shape index (κ1) is 12.3. The number of amides is 1. The van der Waals surface area contributed by atoms with E-state index in [1.54, 1.807) is 11.8 Å². The summed E-state index contributed by atoms with van der Waals surface area (Å²) in [5, 5.41) is 7.32. The van der Waals surface area contributed by atoms with E-state index in [2.05, 4.69) is 29.2 Å². The van der Waals surface area contributed by atoms with Gasteiger partial charge in [-0.25, -0.2) is 4.79 Å². The van der Waals surface area contributed by atoms with Crippen LogP contribution in [0.25, 0.3) is 0 Å². The van der Waals surface area contributed by atoms with Gasteiger partial charge in [-0.3, -0.25) is 4.84 Å². The van der Waals surface area contributed by atoms with Crippen molar-refractivity contribution in [3.63, 3.8) is 0 Å². The molecule has 0 aromatic carbocycles. The normalized spacial score (nSPS) is 11.6. The molecule has 4 nitrogen and oxygen atoms in total. The van der Waals surface area contributed by atoms with E-state index in [-0.39, 0.29) is 0 Å². The Labute approximate surface area is 83.1 Å². The van der Waals surface area contributed by atoms with Crippen molar-refractivity contribution < 1.29 is 9.63 Å². The van der Waals surface area contributed by atoms with Crippen LogP contribution in [0.3, 0.4) is 0 Å². The van der Waals surface area contributed by atoms with E-state index in [4.69, 9.17) is 0 Å². The Morgan fingerprint density at radius 2 is 2.23 bits per heavy atom. The molecular formula is C8H16N2O2S. The molecule has 0 aliphatic rings. The fourth-order valence-corrected chi connectivity index (χ4v) is 1.37. The maximum absolute atomic E-state index is 10.7. The van der Waals surface area contributed by atoms with E-state index in [1.807, 2.05) is 6.92 Å². The van der Waals surface area contributed by atoms with Crippen LogP contribution in [0.1, 0.15) is 27.2 Å². The third-order valence-electron chi connectivity index (χ3n) is 1.11. The van der Waals surface area contributed by atoms with E-state index in [1.165, 1.54) is 7.05 Å². The Balaban J connectivity index is 3.99. The molecule has 1 N–H and O–H groups in total. The van der Waals surface area contributed by atoms with E-state index in [0.29, 0.717) is 5.25 Å². The van der Waals surface area contributed by atoms with Gasteiger partial charge in [0.2, 0.25) is 0 Å². The van der Waals surface area contributed by atoms with E-state index in [0.717, 1.165) is 11.5 Å². The van der Waals surface area contributed by atoms with Crippen molar-refractivity contribution in [1.82, 2.24) is 5.32 Å². The number of oxime groups is 1. The topological polar surface area (TPSA) is 50.7 Å². The highest BCUT2D eigenvalue weighted by Gasteiger charge is 2.03. The van der Waals surface area contributed by atoms with Crippen LogP contribution in [0.15, 0.2) is 5.16 Å². The summed E-state index contributed by atoms with van der Waals surface area (Å²) in [5.41, 5.74) is 0. The Hall–Kier alpha value is -0.710. The minimum absolute atomic E-state index is 0.451. The lowest BCUT2D eigenvalue weighted by Crippen LogP contribution is -2.17. The molecule has 0 spiro atoms. The molecule has 76 valence electrons. The van der Waals surface area contributed by atoms with Gasteiger partial charge in [0.05, 0.1) is 0 Å². The summed E-state index contributed by atoms with van der Waals surface area (Å²) in [7, 11) is 1.50. The largest absolute Gasteiger partial charge is 0.433 e. The van der Waals surface area contributed by atoms with Gasteiger partial charge in [0.25, 0.3) is 0 Å². The van der Waals surface area contributed by atoms with Gasteiger partial charge >= 0.3 is 6.09 Å². The van der Waals surface area contributed by atoms with Crippen molar-refractivity contribution in [2.24, 2.45) is 5.16 Å². The van der Waals surface area contributed by atoms with Crippen molar-refractivity contribution in [3.05, 3.63) is 0 Å². The van der Waals surface area contributed by atoms with Crippen LogP contribution in [-0.2, 0) is 4.84 Å².